The molecule has 0 amide bonds. The van der Waals surface area contributed by atoms with Crippen molar-refractivity contribution in [2.75, 3.05) is 13.4 Å². The quantitative estimate of drug-likeness (QED) is 0.564. The third kappa shape index (κ3) is 4.52. The van der Waals surface area contributed by atoms with Crippen molar-refractivity contribution in [3.63, 3.8) is 0 Å². The number of aryl methyl sites for hydroxylation is 1. The van der Waals surface area contributed by atoms with E-state index in [0.717, 1.165) is 36.3 Å². The Bertz CT molecular complexity index is 737. The van der Waals surface area contributed by atoms with Gasteiger partial charge in [0.1, 0.15) is 0 Å². The molecule has 1 aliphatic carbocycles. The summed E-state index contributed by atoms with van der Waals surface area (Å²) in [6.07, 6.45) is 2.65. The highest BCUT2D eigenvalue weighted by molar-refractivity contribution is 6.74. The first-order chi connectivity index (χ1) is 13.4. The number of ether oxygens (including phenoxy) is 2. The van der Waals surface area contributed by atoms with Crippen LogP contribution in [0.4, 0.5) is 0 Å². The van der Waals surface area contributed by atoms with Gasteiger partial charge >= 0.3 is 0 Å². The fraction of sp³-hybridized carbons (Fsp3) is 0.750. The molecule has 1 N–H and O–H groups in total. The standard InChI is InChI=1S/C24H40O4Si/c1-15-9-10-19(20-12-17(3)22-23(21(15)20)27-14-26-22)16(2)11-18(25)13-28-29(7,8)24(4,5)6/h12,15-16,18-19,25H,9-11,13-14H2,1-8H3/t15-,16-,18?,19+/m0/s1. The molecule has 1 aliphatic heterocycles. The summed E-state index contributed by atoms with van der Waals surface area (Å²) in [5.74, 6) is 3.20. The second-order valence-electron chi connectivity index (χ2n) is 10.8. The van der Waals surface area contributed by atoms with E-state index in [1.807, 2.05) is 0 Å². The Hall–Kier alpha value is -1.04. The highest BCUT2D eigenvalue weighted by Crippen LogP contribution is 2.52. The lowest BCUT2D eigenvalue weighted by Crippen LogP contribution is -2.42. The van der Waals surface area contributed by atoms with Crippen LogP contribution >= 0.6 is 0 Å². The molecule has 1 heterocycles. The fourth-order valence-electron chi connectivity index (χ4n) is 4.60. The third-order valence-corrected chi connectivity index (χ3v) is 12.0. The van der Waals surface area contributed by atoms with E-state index in [0.29, 0.717) is 31.2 Å². The number of aliphatic hydroxyl groups excluding tert-OH is 1. The zero-order valence-electron chi connectivity index (χ0n) is 19.6. The van der Waals surface area contributed by atoms with Gasteiger partial charge in [-0.25, -0.2) is 0 Å². The molecule has 3 rings (SSSR count). The van der Waals surface area contributed by atoms with Crippen molar-refractivity contribution in [3.8, 4) is 11.5 Å². The summed E-state index contributed by atoms with van der Waals surface area (Å²) in [5.41, 5.74) is 3.89. The second-order valence-corrected chi connectivity index (χ2v) is 15.6. The van der Waals surface area contributed by atoms with Crippen molar-refractivity contribution in [3.05, 3.63) is 22.8 Å². The Morgan fingerprint density at radius 2 is 1.86 bits per heavy atom. The van der Waals surface area contributed by atoms with Gasteiger partial charge in [-0.05, 0) is 73.2 Å². The van der Waals surface area contributed by atoms with Crippen LogP contribution in [0.5, 0.6) is 11.5 Å². The first-order valence-corrected chi connectivity index (χ1v) is 14.1. The predicted octanol–water partition coefficient (Wildman–Crippen LogP) is 6.11. The second kappa shape index (κ2) is 8.24. The van der Waals surface area contributed by atoms with Crippen LogP contribution < -0.4 is 9.47 Å². The van der Waals surface area contributed by atoms with Gasteiger partial charge in [0, 0.05) is 5.56 Å². The van der Waals surface area contributed by atoms with Crippen LogP contribution in [0, 0.1) is 12.8 Å². The lowest BCUT2D eigenvalue weighted by molar-refractivity contribution is 0.0756. The molecule has 0 aromatic heterocycles. The number of benzene rings is 1. The smallest absolute Gasteiger partial charge is 0.231 e. The van der Waals surface area contributed by atoms with E-state index >= 15 is 0 Å². The highest BCUT2D eigenvalue weighted by Gasteiger charge is 2.38. The molecule has 0 saturated heterocycles. The largest absolute Gasteiger partial charge is 0.453 e. The van der Waals surface area contributed by atoms with Crippen LogP contribution in [-0.2, 0) is 4.43 Å². The van der Waals surface area contributed by atoms with Crippen LogP contribution in [0.25, 0.3) is 0 Å². The maximum atomic E-state index is 10.7. The monoisotopic (exact) mass is 420 g/mol. The van der Waals surface area contributed by atoms with E-state index in [4.69, 9.17) is 13.9 Å². The van der Waals surface area contributed by atoms with Crippen LogP contribution in [0.3, 0.4) is 0 Å². The van der Waals surface area contributed by atoms with E-state index in [2.05, 4.69) is 60.7 Å². The van der Waals surface area contributed by atoms with Gasteiger partial charge in [0.15, 0.2) is 19.8 Å². The number of hydrogen-bond donors (Lipinski definition) is 1. The minimum atomic E-state index is -1.83. The first-order valence-electron chi connectivity index (χ1n) is 11.2. The summed E-state index contributed by atoms with van der Waals surface area (Å²) >= 11 is 0. The zero-order valence-corrected chi connectivity index (χ0v) is 20.6. The Kier molecular flexibility index (Phi) is 6.43. The summed E-state index contributed by atoms with van der Waals surface area (Å²) in [4.78, 5) is 0. The van der Waals surface area contributed by atoms with Gasteiger partial charge in [0.25, 0.3) is 0 Å². The molecule has 29 heavy (non-hydrogen) atoms. The fourth-order valence-corrected chi connectivity index (χ4v) is 5.64. The minimum Gasteiger partial charge on any atom is -0.453 e. The zero-order chi connectivity index (χ0) is 21.6. The normalized spacial score (nSPS) is 23.6. The minimum absolute atomic E-state index is 0.163. The van der Waals surface area contributed by atoms with Crippen LogP contribution in [-0.4, -0.2) is 32.9 Å². The number of fused-ring (bicyclic) bond motifs is 3. The third-order valence-electron chi connectivity index (χ3n) is 7.48. The van der Waals surface area contributed by atoms with Crippen molar-refractivity contribution in [1.82, 2.24) is 0 Å². The summed E-state index contributed by atoms with van der Waals surface area (Å²) in [5, 5.41) is 10.9. The van der Waals surface area contributed by atoms with Crippen LogP contribution in [0.2, 0.25) is 18.1 Å². The summed E-state index contributed by atoms with van der Waals surface area (Å²) in [7, 11) is -1.83. The summed E-state index contributed by atoms with van der Waals surface area (Å²) < 4.78 is 17.9. The van der Waals surface area contributed by atoms with E-state index in [-0.39, 0.29) is 5.04 Å². The van der Waals surface area contributed by atoms with Crippen molar-refractivity contribution in [1.29, 1.82) is 0 Å². The Balaban J connectivity index is 1.72. The average molecular weight is 421 g/mol. The van der Waals surface area contributed by atoms with Crippen molar-refractivity contribution in [2.45, 2.75) is 96.9 Å². The van der Waals surface area contributed by atoms with Crippen molar-refractivity contribution < 1.29 is 19.0 Å². The SMILES string of the molecule is Cc1cc2c(c3c1OCO3)[C@@H](C)CC[C@@H]2[C@@H](C)CC(O)CO[Si](C)(C)C(C)(C)C. The number of aliphatic hydroxyl groups is 1. The molecule has 1 aromatic carbocycles. The molecule has 1 unspecified atom stereocenters. The van der Waals surface area contributed by atoms with Crippen molar-refractivity contribution in [2.24, 2.45) is 5.92 Å². The Morgan fingerprint density at radius 1 is 1.21 bits per heavy atom. The Labute approximate surface area is 178 Å². The molecule has 164 valence electrons. The van der Waals surface area contributed by atoms with Crippen LogP contribution in [0.1, 0.15) is 82.4 Å². The molecule has 4 atom stereocenters. The molecule has 5 heteroatoms. The average Bonchev–Trinajstić information content (AvgIpc) is 3.09. The highest BCUT2D eigenvalue weighted by atomic mass is 28.4. The van der Waals surface area contributed by atoms with Crippen LogP contribution in [0.15, 0.2) is 6.07 Å². The molecule has 0 radical (unpaired) electrons. The molecule has 2 aliphatic rings. The van der Waals surface area contributed by atoms with Gasteiger partial charge < -0.3 is 19.0 Å². The molecular formula is C24H40O4Si. The van der Waals surface area contributed by atoms with E-state index in [1.54, 1.807) is 0 Å². The summed E-state index contributed by atoms with van der Waals surface area (Å²) in [6.45, 7) is 18.6. The van der Waals surface area contributed by atoms with Gasteiger partial charge in [0.2, 0.25) is 6.79 Å². The topological polar surface area (TPSA) is 47.9 Å². The lowest BCUT2D eigenvalue weighted by atomic mass is 9.70. The molecule has 0 spiro atoms. The van der Waals surface area contributed by atoms with Gasteiger partial charge in [0.05, 0.1) is 12.7 Å². The van der Waals surface area contributed by atoms with Gasteiger partial charge in [-0.15, -0.1) is 0 Å². The first kappa shape index (κ1) is 22.6. The van der Waals surface area contributed by atoms with Gasteiger partial charge in [-0.2, -0.15) is 0 Å². The molecular weight excluding hydrogens is 380 g/mol. The van der Waals surface area contributed by atoms with Gasteiger partial charge in [-0.1, -0.05) is 40.7 Å². The molecule has 0 fully saturated rings. The van der Waals surface area contributed by atoms with Crippen molar-refractivity contribution >= 4 is 8.32 Å². The summed E-state index contributed by atoms with van der Waals surface area (Å²) in [6, 6.07) is 2.30. The Morgan fingerprint density at radius 3 is 2.52 bits per heavy atom. The lowest BCUT2D eigenvalue weighted by Gasteiger charge is -2.38. The van der Waals surface area contributed by atoms with E-state index in [1.165, 1.54) is 11.1 Å². The maximum Gasteiger partial charge on any atom is 0.231 e. The van der Waals surface area contributed by atoms with E-state index in [9.17, 15) is 5.11 Å². The molecule has 0 bridgehead atoms. The molecule has 0 saturated carbocycles. The molecule has 4 nitrogen and oxygen atoms in total. The predicted molar refractivity (Wildman–Crippen MR) is 121 cm³/mol. The number of rotatable bonds is 6. The maximum absolute atomic E-state index is 10.7. The number of hydrogen-bond acceptors (Lipinski definition) is 4. The van der Waals surface area contributed by atoms with E-state index < -0.39 is 14.4 Å². The molecule has 1 aromatic rings. The van der Waals surface area contributed by atoms with Gasteiger partial charge in [-0.3, -0.25) is 0 Å².